The normalized spacial score (nSPS) is 11.3. The quantitative estimate of drug-likeness (QED) is 0.162. The fourth-order valence-electron chi connectivity index (χ4n) is 4.47. The lowest BCUT2D eigenvalue weighted by Crippen LogP contribution is -2.13. The molecule has 0 N–H and O–H groups in total. The number of aryl methyl sites for hydroxylation is 1. The first-order chi connectivity index (χ1) is 15.8. The molecule has 0 radical (unpaired) electrons. The molecule has 32 heavy (non-hydrogen) atoms. The van der Waals surface area contributed by atoms with E-state index in [0.29, 0.717) is 12.4 Å². The van der Waals surface area contributed by atoms with Gasteiger partial charge in [0.25, 0.3) is 0 Å². The minimum Gasteiger partial charge on any atom is -0.460 e. The van der Waals surface area contributed by atoms with Crippen molar-refractivity contribution in [2.75, 3.05) is 6.61 Å². The number of ether oxygens (including phenoxy) is 1. The van der Waals surface area contributed by atoms with E-state index in [9.17, 15) is 4.79 Å². The summed E-state index contributed by atoms with van der Waals surface area (Å²) in [5.41, 5.74) is 1.89. The first-order valence-electron chi connectivity index (χ1n) is 13.4. The number of benzene rings is 1. The van der Waals surface area contributed by atoms with Crippen LogP contribution in [0, 0.1) is 0 Å². The zero-order valence-electron chi connectivity index (χ0n) is 20.7. The van der Waals surface area contributed by atoms with Crippen LogP contribution in [0.5, 0.6) is 0 Å². The molecule has 0 unspecified atom stereocenters. The predicted molar refractivity (Wildman–Crippen MR) is 135 cm³/mol. The molecule has 1 aromatic heterocycles. The third kappa shape index (κ3) is 9.75. The van der Waals surface area contributed by atoms with E-state index in [-0.39, 0.29) is 5.97 Å². The van der Waals surface area contributed by atoms with E-state index in [2.05, 4.69) is 11.9 Å². The molecule has 4 heteroatoms. The summed E-state index contributed by atoms with van der Waals surface area (Å²) in [7, 11) is 0. The average Bonchev–Trinajstić information content (AvgIpc) is 3.18. The van der Waals surface area contributed by atoms with E-state index in [1.165, 1.54) is 96.3 Å². The number of rotatable bonds is 19. The van der Waals surface area contributed by atoms with Gasteiger partial charge < -0.3 is 9.30 Å². The number of nitrogens with zero attached hydrogens (tertiary/aromatic N) is 2. The number of hydrogen-bond donors (Lipinski definition) is 0. The maximum Gasteiger partial charge on any atom is 0.374 e. The molecule has 180 valence electrons. The van der Waals surface area contributed by atoms with Gasteiger partial charge in [0.1, 0.15) is 0 Å². The lowest BCUT2D eigenvalue weighted by atomic mass is 10.0. The Labute approximate surface area is 196 Å². The minimum absolute atomic E-state index is 0.319. The summed E-state index contributed by atoms with van der Waals surface area (Å²) in [6, 6.07) is 7.96. The van der Waals surface area contributed by atoms with Crippen molar-refractivity contribution in [3.63, 3.8) is 0 Å². The molecule has 1 aromatic carbocycles. The molecule has 4 nitrogen and oxygen atoms in total. The Morgan fingerprint density at radius 3 is 1.78 bits per heavy atom. The molecule has 0 amide bonds. The van der Waals surface area contributed by atoms with Gasteiger partial charge in [0.15, 0.2) is 0 Å². The highest BCUT2D eigenvalue weighted by Crippen LogP contribution is 2.19. The Morgan fingerprint density at radius 2 is 1.25 bits per heavy atom. The number of hydrogen-bond acceptors (Lipinski definition) is 3. The maximum absolute atomic E-state index is 12.3. The summed E-state index contributed by atoms with van der Waals surface area (Å²) in [4.78, 5) is 16.8. The molecule has 2 aromatic rings. The largest absolute Gasteiger partial charge is 0.460 e. The number of esters is 1. The van der Waals surface area contributed by atoms with E-state index >= 15 is 0 Å². The number of carbonyl (C=O) groups excluding carboxylic acids is 1. The Balaban J connectivity index is 1.52. The van der Waals surface area contributed by atoms with Crippen molar-refractivity contribution in [2.45, 2.75) is 123 Å². The molecular weight excluding hydrogens is 396 g/mol. The highest BCUT2D eigenvalue weighted by Gasteiger charge is 2.18. The fraction of sp³-hybridized carbons (Fsp3) is 0.714. The third-order valence-electron chi connectivity index (χ3n) is 6.35. The monoisotopic (exact) mass is 442 g/mol. The smallest absolute Gasteiger partial charge is 0.374 e. The van der Waals surface area contributed by atoms with Crippen LogP contribution in [-0.2, 0) is 11.3 Å². The number of aromatic nitrogens is 2. The Kier molecular flexibility index (Phi) is 13.8. The van der Waals surface area contributed by atoms with Crippen molar-refractivity contribution in [3.8, 4) is 0 Å². The van der Waals surface area contributed by atoms with Crippen LogP contribution in [0.2, 0.25) is 0 Å². The SMILES string of the molecule is CCCCCCCCCCCCCCCCCCn1c(C(=O)OCC)nc2ccccc21. The Morgan fingerprint density at radius 1 is 0.750 bits per heavy atom. The molecule has 0 saturated heterocycles. The summed E-state index contributed by atoms with van der Waals surface area (Å²) in [6.07, 6.45) is 21.8. The average molecular weight is 443 g/mol. The Bertz CT molecular complexity index is 753. The van der Waals surface area contributed by atoms with Crippen molar-refractivity contribution >= 4 is 17.0 Å². The predicted octanol–water partition coefficient (Wildman–Crippen LogP) is 8.47. The standard InChI is InChI=1S/C28H46N2O2/c1-3-5-6-7-8-9-10-11-12-13-14-15-16-17-18-21-24-30-26-23-20-19-22-25(26)29-27(30)28(31)32-4-2/h19-20,22-23H,3-18,21,24H2,1-2H3. The van der Waals surface area contributed by atoms with Crippen LogP contribution in [0.4, 0.5) is 0 Å². The molecule has 0 bridgehead atoms. The van der Waals surface area contributed by atoms with E-state index in [4.69, 9.17) is 4.74 Å². The minimum atomic E-state index is -0.319. The van der Waals surface area contributed by atoms with Gasteiger partial charge in [0.05, 0.1) is 17.6 Å². The van der Waals surface area contributed by atoms with Gasteiger partial charge >= 0.3 is 5.97 Å². The van der Waals surface area contributed by atoms with Crippen LogP contribution in [-0.4, -0.2) is 22.1 Å². The van der Waals surface area contributed by atoms with Gasteiger partial charge in [0, 0.05) is 6.54 Å². The number of para-hydroxylation sites is 2. The number of carbonyl (C=O) groups is 1. The van der Waals surface area contributed by atoms with Crippen LogP contribution in [0.15, 0.2) is 24.3 Å². The molecule has 0 aliphatic carbocycles. The van der Waals surface area contributed by atoms with Crippen molar-refractivity contribution in [1.82, 2.24) is 9.55 Å². The van der Waals surface area contributed by atoms with Crippen LogP contribution >= 0.6 is 0 Å². The first-order valence-corrected chi connectivity index (χ1v) is 13.4. The third-order valence-corrected chi connectivity index (χ3v) is 6.35. The summed E-state index contributed by atoms with van der Waals surface area (Å²) < 4.78 is 7.25. The molecule has 0 atom stereocenters. The molecule has 0 saturated carbocycles. The summed E-state index contributed by atoms with van der Waals surface area (Å²) in [5, 5.41) is 0. The van der Waals surface area contributed by atoms with Gasteiger partial charge in [-0.3, -0.25) is 0 Å². The first kappa shape index (κ1) is 26.4. The summed E-state index contributed by atoms with van der Waals surface area (Å²) in [6.45, 7) is 5.32. The van der Waals surface area contributed by atoms with Crippen molar-refractivity contribution in [3.05, 3.63) is 30.1 Å². The van der Waals surface area contributed by atoms with Crippen LogP contribution < -0.4 is 0 Å². The number of imidazole rings is 1. The van der Waals surface area contributed by atoms with E-state index < -0.39 is 0 Å². The van der Waals surface area contributed by atoms with Crippen molar-refractivity contribution < 1.29 is 9.53 Å². The summed E-state index contributed by atoms with van der Waals surface area (Å²) >= 11 is 0. The number of unbranched alkanes of at least 4 members (excludes halogenated alkanes) is 15. The molecule has 2 rings (SSSR count). The van der Waals surface area contributed by atoms with E-state index in [1.54, 1.807) is 0 Å². The molecule has 1 heterocycles. The van der Waals surface area contributed by atoms with Gasteiger partial charge in [-0.2, -0.15) is 0 Å². The second kappa shape index (κ2) is 16.7. The fourth-order valence-corrected chi connectivity index (χ4v) is 4.47. The van der Waals surface area contributed by atoms with Gasteiger partial charge in [-0.1, -0.05) is 115 Å². The van der Waals surface area contributed by atoms with Gasteiger partial charge in [-0.15, -0.1) is 0 Å². The lowest BCUT2D eigenvalue weighted by Gasteiger charge is -2.09. The molecule has 0 spiro atoms. The van der Waals surface area contributed by atoms with Crippen molar-refractivity contribution in [1.29, 1.82) is 0 Å². The molecule has 0 aliphatic rings. The molecule has 0 fully saturated rings. The number of fused-ring (bicyclic) bond motifs is 1. The topological polar surface area (TPSA) is 44.1 Å². The van der Waals surface area contributed by atoms with Crippen LogP contribution in [0.1, 0.15) is 127 Å². The Hall–Kier alpha value is -1.84. The molecule has 0 aliphatic heterocycles. The lowest BCUT2D eigenvalue weighted by molar-refractivity contribution is 0.0507. The van der Waals surface area contributed by atoms with Gasteiger partial charge in [0.2, 0.25) is 5.82 Å². The second-order valence-electron chi connectivity index (χ2n) is 9.10. The zero-order chi connectivity index (χ0) is 22.9. The van der Waals surface area contributed by atoms with E-state index in [1.807, 2.05) is 35.8 Å². The molecular formula is C28H46N2O2. The highest BCUT2D eigenvalue weighted by atomic mass is 16.5. The second-order valence-corrected chi connectivity index (χ2v) is 9.10. The highest BCUT2D eigenvalue weighted by molar-refractivity contribution is 5.91. The van der Waals surface area contributed by atoms with Crippen LogP contribution in [0.3, 0.4) is 0 Å². The van der Waals surface area contributed by atoms with E-state index in [0.717, 1.165) is 24.0 Å². The van der Waals surface area contributed by atoms with Gasteiger partial charge in [-0.05, 0) is 25.5 Å². The van der Waals surface area contributed by atoms with Crippen LogP contribution in [0.25, 0.3) is 11.0 Å². The summed E-state index contributed by atoms with van der Waals surface area (Å²) in [5.74, 6) is 0.120. The van der Waals surface area contributed by atoms with Gasteiger partial charge in [-0.25, -0.2) is 9.78 Å². The van der Waals surface area contributed by atoms with Crippen molar-refractivity contribution in [2.24, 2.45) is 0 Å². The zero-order valence-corrected chi connectivity index (χ0v) is 20.7. The maximum atomic E-state index is 12.3.